The molecule has 0 radical (unpaired) electrons. The Balaban J connectivity index is 1.32. The van der Waals surface area contributed by atoms with Gasteiger partial charge in [-0.1, -0.05) is 24.3 Å². The van der Waals surface area contributed by atoms with Crippen molar-refractivity contribution in [2.24, 2.45) is 0 Å². The number of fused-ring (bicyclic) bond motifs is 2. The number of benzene rings is 2. The monoisotopic (exact) mass is 446 g/mol. The van der Waals surface area contributed by atoms with Gasteiger partial charge in [-0.2, -0.15) is 0 Å². The van der Waals surface area contributed by atoms with Gasteiger partial charge in [-0.05, 0) is 24.3 Å². The number of amides is 2. The smallest absolute Gasteiger partial charge is 0.255 e. The normalized spacial score (nSPS) is 19.1. The van der Waals surface area contributed by atoms with E-state index in [0.717, 1.165) is 5.82 Å². The minimum Gasteiger partial charge on any atom is -0.497 e. The van der Waals surface area contributed by atoms with Gasteiger partial charge in [0.15, 0.2) is 6.10 Å². The van der Waals surface area contributed by atoms with Crippen LogP contribution in [0.2, 0.25) is 0 Å². The number of rotatable bonds is 4. The van der Waals surface area contributed by atoms with Gasteiger partial charge in [-0.3, -0.25) is 9.59 Å². The number of carbonyl (C=O) groups is 2. The van der Waals surface area contributed by atoms with Crippen LogP contribution in [0.15, 0.2) is 67.0 Å². The number of hydrogen-bond donors (Lipinski definition) is 1. The summed E-state index contributed by atoms with van der Waals surface area (Å²) in [4.78, 5) is 32.4. The molecule has 1 spiro atoms. The second-order valence-electron chi connectivity index (χ2n) is 8.38. The zero-order valence-corrected chi connectivity index (χ0v) is 18.4. The van der Waals surface area contributed by atoms with Crippen LogP contribution < -0.4 is 10.1 Å². The number of ether oxygens (including phenoxy) is 2. The topological polar surface area (TPSA) is 85.7 Å². The Morgan fingerprint density at radius 2 is 1.91 bits per heavy atom. The summed E-state index contributed by atoms with van der Waals surface area (Å²) in [5.41, 5.74) is 0.623. The lowest BCUT2D eigenvalue weighted by Crippen LogP contribution is -2.54. The van der Waals surface area contributed by atoms with Crippen molar-refractivity contribution in [3.63, 3.8) is 0 Å². The lowest BCUT2D eigenvalue weighted by atomic mass is 9.88. The van der Waals surface area contributed by atoms with Crippen LogP contribution in [0.4, 0.5) is 5.69 Å². The minimum atomic E-state index is -0.703. The number of likely N-dealkylation sites (tertiary alicyclic amines) is 1. The average molecular weight is 447 g/mol. The molecule has 1 fully saturated rings. The fraction of sp³-hybridized carbons (Fsp3) is 0.320. The van der Waals surface area contributed by atoms with E-state index in [1.54, 1.807) is 19.4 Å². The Hall–Kier alpha value is -3.65. The van der Waals surface area contributed by atoms with Crippen molar-refractivity contribution >= 4 is 17.5 Å². The molecule has 0 aliphatic carbocycles. The van der Waals surface area contributed by atoms with Gasteiger partial charge in [0.1, 0.15) is 17.2 Å². The van der Waals surface area contributed by atoms with Crippen LogP contribution in [0.5, 0.6) is 5.75 Å². The quantitative estimate of drug-likeness (QED) is 0.666. The number of carbonyl (C=O) groups excluding carboxylic acids is 2. The molecule has 2 amide bonds. The van der Waals surface area contributed by atoms with Crippen LogP contribution in [0, 0.1) is 0 Å². The van der Waals surface area contributed by atoms with Crippen molar-refractivity contribution in [2.75, 3.05) is 25.5 Å². The van der Waals surface area contributed by atoms with Crippen LogP contribution in [0.3, 0.4) is 0 Å². The van der Waals surface area contributed by atoms with E-state index in [-0.39, 0.29) is 11.8 Å². The van der Waals surface area contributed by atoms with Gasteiger partial charge in [0, 0.05) is 55.6 Å². The second kappa shape index (κ2) is 8.71. The summed E-state index contributed by atoms with van der Waals surface area (Å²) in [6.45, 7) is 1.45. The van der Waals surface area contributed by atoms with Gasteiger partial charge in [-0.25, -0.2) is 4.98 Å². The number of imidazole rings is 1. The number of nitrogens with zero attached hydrogens (tertiary/aromatic N) is 3. The van der Waals surface area contributed by atoms with E-state index in [0.29, 0.717) is 49.5 Å². The van der Waals surface area contributed by atoms with Gasteiger partial charge >= 0.3 is 0 Å². The lowest BCUT2D eigenvalue weighted by molar-refractivity contribution is -0.168. The van der Waals surface area contributed by atoms with E-state index in [1.807, 2.05) is 64.2 Å². The Labute approximate surface area is 192 Å². The molecule has 170 valence electrons. The SMILES string of the molecule is COc1cccc(NC(=O)[C@H]2Cn3ccnc3C3(CCN(C(=O)c4ccccc4)CC3)O2)c1. The zero-order valence-electron chi connectivity index (χ0n) is 18.4. The van der Waals surface area contributed by atoms with Gasteiger partial charge < -0.3 is 24.3 Å². The number of piperidine rings is 1. The summed E-state index contributed by atoms with van der Waals surface area (Å²) in [5, 5.41) is 2.94. The summed E-state index contributed by atoms with van der Waals surface area (Å²) in [7, 11) is 1.59. The average Bonchev–Trinajstić information content (AvgIpc) is 3.35. The van der Waals surface area contributed by atoms with Crippen LogP contribution in [-0.4, -0.2) is 52.6 Å². The molecule has 2 aromatic carbocycles. The minimum absolute atomic E-state index is 0.0110. The van der Waals surface area contributed by atoms with E-state index in [2.05, 4.69) is 10.3 Å². The molecule has 0 unspecified atom stereocenters. The molecule has 1 saturated heterocycles. The predicted octanol–water partition coefficient (Wildman–Crippen LogP) is 3.06. The Bertz CT molecular complexity index is 1150. The van der Waals surface area contributed by atoms with Gasteiger partial charge in [-0.15, -0.1) is 0 Å². The highest BCUT2D eigenvalue weighted by molar-refractivity contribution is 5.95. The van der Waals surface area contributed by atoms with Gasteiger partial charge in [0.05, 0.1) is 13.7 Å². The van der Waals surface area contributed by atoms with Crippen LogP contribution in [-0.2, 0) is 21.7 Å². The molecule has 1 aromatic heterocycles. The third kappa shape index (κ3) is 4.09. The molecule has 8 nitrogen and oxygen atoms in total. The van der Waals surface area contributed by atoms with Crippen molar-refractivity contribution in [1.29, 1.82) is 0 Å². The van der Waals surface area contributed by atoms with Gasteiger partial charge in [0.2, 0.25) is 0 Å². The summed E-state index contributed by atoms with van der Waals surface area (Å²) in [5.74, 6) is 1.28. The highest BCUT2D eigenvalue weighted by atomic mass is 16.5. The van der Waals surface area contributed by atoms with Crippen molar-refractivity contribution in [1.82, 2.24) is 14.5 Å². The Morgan fingerprint density at radius 1 is 1.12 bits per heavy atom. The van der Waals surface area contributed by atoms with E-state index in [9.17, 15) is 9.59 Å². The first-order chi connectivity index (χ1) is 16.1. The molecule has 2 aliphatic heterocycles. The Kier molecular flexibility index (Phi) is 5.60. The number of methoxy groups -OCH3 is 1. The third-order valence-electron chi connectivity index (χ3n) is 6.36. The number of hydrogen-bond acceptors (Lipinski definition) is 5. The van der Waals surface area contributed by atoms with E-state index in [4.69, 9.17) is 9.47 Å². The first-order valence-corrected chi connectivity index (χ1v) is 11.1. The molecule has 0 bridgehead atoms. The summed E-state index contributed by atoms with van der Waals surface area (Å²) in [6, 6.07) is 16.5. The van der Waals surface area contributed by atoms with E-state index < -0.39 is 11.7 Å². The molecule has 33 heavy (non-hydrogen) atoms. The first-order valence-electron chi connectivity index (χ1n) is 11.1. The number of nitrogens with one attached hydrogen (secondary N) is 1. The van der Waals surface area contributed by atoms with Crippen molar-refractivity contribution in [2.45, 2.75) is 31.1 Å². The van der Waals surface area contributed by atoms with Crippen molar-refractivity contribution in [3.8, 4) is 5.75 Å². The zero-order chi connectivity index (χ0) is 22.8. The fourth-order valence-electron chi connectivity index (χ4n) is 4.63. The molecular formula is C25H26N4O4. The summed E-state index contributed by atoms with van der Waals surface area (Å²) in [6.07, 6.45) is 4.10. The van der Waals surface area contributed by atoms with Crippen molar-refractivity contribution in [3.05, 3.63) is 78.4 Å². The molecule has 0 saturated carbocycles. The maximum absolute atomic E-state index is 13.1. The molecule has 8 heteroatoms. The molecular weight excluding hydrogens is 420 g/mol. The third-order valence-corrected chi connectivity index (χ3v) is 6.36. The fourth-order valence-corrected chi connectivity index (χ4v) is 4.63. The first kappa shape index (κ1) is 21.2. The van der Waals surface area contributed by atoms with Crippen LogP contribution >= 0.6 is 0 Å². The van der Waals surface area contributed by atoms with E-state index in [1.165, 1.54) is 0 Å². The second-order valence-corrected chi connectivity index (χ2v) is 8.38. The van der Waals surface area contributed by atoms with Crippen LogP contribution in [0.25, 0.3) is 0 Å². The highest BCUT2D eigenvalue weighted by Crippen LogP contribution is 2.40. The highest BCUT2D eigenvalue weighted by Gasteiger charge is 2.47. The summed E-state index contributed by atoms with van der Waals surface area (Å²) >= 11 is 0. The number of aromatic nitrogens is 2. The Morgan fingerprint density at radius 3 is 2.67 bits per heavy atom. The molecule has 3 heterocycles. The standard InChI is InChI=1S/C25H26N4O4/c1-32-20-9-5-8-19(16-20)27-22(30)21-17-29-15-12-26-24(29)25(33-21)10-13-28(14-11-25)23(31)18-6-3-2-4-7-18/h2-9,12,15-16,21H,10-11,13-14,17H2,1H3,(H,27,30)/t21-/m1/s1. The maximum atomic E-state index is 13.1. The summed E-state index contributed by atoms with van der Waals surface area (Å²) < 4.78 is 13.7. The molecule has 1 N–H and O–H groups in total. The molecule has 1 atom stereocenters. The van der Waals surface area contributed by atoms with Crippen molar-refractivity contribution < 1.29 is 19.1 Å². The lowest BCUT2D eigenvalue weighted by Gasteiger charge is -2.45. The largest absolute Gasteiger partial charge is 0.497 e. The number of anilines is 1. The molecule has 5 rings (SSSR count). The molecule has 2 aliphatic rings. The van der Waals surface area contributed by atoms with Gasteiger partial charge in [0.25, 0.3) is 11.8 Å². The predicted molar refractivity (Wildman–Crippen MR) is 122 cm³/mol. The maximum Gasteiger partial charge on any atom is 0.255 e. The van der Waals surface area contributed by atoms with Crippen LogP contribution in [0.1, 0.15) is 29.0 Å². The van der Waals surface area contributed by atoms with E-state index >= 15 is 0 Å². The molecule has 3 aromatic rings.